The topological polar surface area (TPSA) is 49.5 Å². The van der Waals surface area contributed by atoms with Crippen molar-refractivity contribution >= 4 is 11.3 Å². The number of likely N-dealkylation sites (tertiary alicyclic amines) is 1. The molecule has 1 aliphatic heterocycles. The second-order valence-electron chi connectivity index (χ2n) is 4.61. The fourth-order valence-electron chi connectivity index (χ4n) is 2.44. The van der Waals surface area contributed by atoms with Gasteiger partial charge in [0, 0.05) is 18.7 Å². The van der Waals surface area contributed by atoms with Gasteiger partial charge >= 0.3 is 0 Å². The van der Waals surface area contributed by atoms with Crippen LogP contribution in [-0.4, -0.2) is 34.4 Å². The first-order valence-corrected chi connectivity index (χ1v) is 7.09. The molecule has 0 spiro atoms. The zero-order chi connectivity index (χ0) is 12.4. The van der Waals surface area contributed by atoms with Crippen molar-refractivity contribution in [2.75, 3.05) is 13.2 Å². The van der Waals surface area contributed by atoms with Crippen molar-refractivity contribution in [2.45, 2.75) is 25.4 Å². The monoisotopic (exact) mass is 264 g/mol. The molecule has 0 aliphatic carbocycles. The lowest BCUT2D eigenvalue weighted by atomic mass is 10.2. The molecule has 0 radical (unpaired) electrons. The fourth-order valence-corrected chi connectivity index (χ4v) is 3.11. The van der Waals surface area contributed by atoms with Crippen LogP contribution in [0.3, 0.4) is 0 Å². The van der Waals surface area contributed by atoms with E-state index >= 15 is 0 Å². The average molecular weight is 264 g/mol. The van der Waals surface area contributed by atoms with Gasteiger partial charge in [0.1, 0.15) is 0 Å². The van der Waals surface area contributed by atoms with E-state index in [2.05, 4.69) is 10.1 Å². The molecule has 3 rings (SSSR count). The second-order valence-corrected chi connectivity index (χ2v) is 5.56. The Bertz CT molecular complexity index is 495. The zero-order valence-corrected chi connectivity index (χ0v) is 10.9. The van der Waals surface area contributed by atoms with Crippen molar-refractivity contribution in [3.63, 3.8) is 0 Å². The fraction of sp³-hybridized carbons (Fsp3) is 0.462. The molecule has 1 atom stereocenters. The first-order valence-electron chi connectivity index (χ1n) is 6.21. The van der Waals surface area contributed by atoms with Crippen LogP contribution < -0.4 is 0 Å². The quantitative estimate of drug-likeness (QED) is 0.921. The molecule has 0 saturated carbocycles. The van der Waals surface area contributed by atoms with Crippen molar-refractivity contribution in [1.82, 2.24) is 10.1 Å². The summed E-state index contributed by atoms with van der Waals surface area (Å²) in [5.74, 6) is 0.833. The van der Waals surface area contributed by atoms with Gasteiger partial charge in [-0.25, -0.2) is 0 Å². The molecule has 0 unspecified atom stereocenters. The molecule has 3 heterocycles. The lowest BCUT2D eigenvalue weighted by molar-refractivity contribution is 0.151. The molecule has 1 fully saturated rings. The summed E-state index contributed by atoms with van der Waals surface area (Å²) in [6.45, 7) is 2.03. The first-order chi connectivity index (χ1) is 8.86. The van der Waals surface area contributed by atoms with Crippen molar-refractivity contribution in [1.29, 1.82) is 0 Å². The summed E-state index contributed by atoms with van der Waals surface area (Å²) < 4.78 is 5.36. The molecule has 18 heavy (non-hydrogen) atoms. The number of nitrogens with zero attached hydrogens (tertiary/aromatic N) is 2. The SMILES string of the molecule is OC[C@H]1CCCN1Cc1cc(-c2cccs2)on1. The molecule has 4 nitrogen and oxygen atoms in total. The van der Waals surface area contributed by atoms with E-state index in [-0.39, 0.29) is 12.6 Å². The van der Waals surface area contributed by atoms with Crippen LogP contribution in [0.1, 0.15) is 18.5 Å². The minimum absolute atomic E-state index is 0.232. The number of rotatable bonds is 4. The Kier molecular flexibility index (Phi) is 3.45. The molecule has 2 aromatic rings. The lowest BCUT2D eigenvalue weighted by Gasteiger charge is -2.20. The number of aromatic nitrogens is 1. The smallest absolute Gasteiger partial charge is 0.177 e. The van der Waals surface area contributed by atoms with Gasteiger partial charge in [0.25, 0.3) is 0 Å². The van der Waals surface area contributed by atoms with Gasteiger partial charge in [0.15, 0.2) is 5.76 Å². The number of hydrogen-bond donors (Lipinski definition) is 1. The van der Waals surface area contributed by atoms with E-state index in [4.69, 9.17) is 4.52 Å². The van der Waals surface area contributed by atoms with E-state index < -0.39 is 0 Å². The van der Waals surface area contributed by atoms with Gasteiger partial charge in [-0.3, -0.25) is 4.90 Å². The Hall–Kier alpha value is -1.17. The van der Waals surface area contributed by atoms with Crippen LogP contribution in [0.5, 0.6) is 0 Å². The Morgan fingerprint density at radius 1 is 1.56 bits per heavy atom. The van der Waals surface area contributed by atoms with E-state index in [1.807, 2.05) is 23.6 Å². The van der Waals surface area contributed by atoms with E-state index in [0.29, 0.717) is 0 Å². The van der Waals surface area contributed by atoms with E-state index in [0.717, 1.165) is 42.3 Å². The standard InChI is InChI=1S/C13H16N2O2S/c16-9-11-3-1-5-15(11)8-10-7-12(17-14-10)13-4-2-6-18-13/h2,4,6-7,11,16H,1,3,5,8-9H2/t11-/m1/s1. The van der Waals surface area contributed by atoms with E-state index in [9.17, 15) is 5.11 Å². The predicted molar refractivity (Wildman–Crippen MR) is 70.3 cm³/mol. The van der Waals surface area contributed by atoms with Crippen LogP contribution in [0.25, 0.3) is 10.6 Å². The molecule has 2 aromatic heterocycles. The average Bonchev–Trinajstić information content (AvgIpc) is 3.10. The molecule has 1 N–H and O–H groups in total. The van der Waals surface area contributed by atoms with Gasteiger partial charge in [-0.2, -0.15) is 0 Å². The molecule has 0 aromatic carbocycles. The van der Waals surface area contributed by atoms with Crippen LogP contribution in [0.15, 0.2) is 28.1 Å². The van der Waals surface area contributed by atoms with Gasteiger partial charge < -0.3 is 9.63 Å². The molecule has 5 heteroatoms. The van der Waals surface area contributed by atoms with Crippen LogP contribution in [0.4, 0.5) is 0 Å². The summed E-state index contributed by atoms with van der Waals surface area (Å²) in [7, 11) is 0. The second kappa shape index (κ2) is 5.22. The van der Waals surface area contributed by atoms with Crippen LogP contribution >= 0.6 is 11.3 Å². The van der Waals surface area contributed by atoms with Crippen molar-refractivity contribution < 1.29 is 9.63 Å². The highest BCUT2D eigenvalue weighted by atomic mass is 32.1. The third-order valence-electron chi connectivity index (χ3n) is 3.40. The molecule has 0 amide bonds. The van der Waals surface area contributed by atoms with Gasteiger partial charge in [0.2, 0.25) is 0 Å². The number of aliphatic hydroxyl groups excluding tert-OH is 1. The summed E-state index contributed by atoms with van der Waals surface area (Å²) in [5, 5.41) is 15.4. The zero-order valence-electron chi connectivity index (χ0n) is 10.1. The summed E-state index contributed by atoms with van der Waals surface area (Å²) in [6.07, 6.45) is 2.23. The Morgan fingerprint density at radius 3 is 3.28 bits per heavy atom. The predicted octanol–water partition coefficient (Wildman–Crippen LogP) is 2.36. The summed E-state index contributed by atoms with van der Waals surface area (Å²) in [5.41, 5.74) is 0.943. The molecule has 1 saturated heterocycles. The molecule has 96 valence electrons. The Labute approximate surface area is 110 Å². The Morgan fingerprint density at radius 2 is 2.50 bits per heavy atom. The molecular weight excluding hydrogens is 248 g/mol. The highest BCUT2D eigenvalue weighted by molar-refractivity contribution is 7.13. The highest BCUT2D eigenvalue weighted by Gasteiger charge is 2.24. The normalized spacial score (nSPS) is 20.6. The Balaban J connectivity index is 1.70. The first kappa shape index (κ1) is 11.9. The maximum Gasteiger partial charge on any atom is 0.177 e. The van der Waals surface area contributed by atoms with Crippen molar-refractivity contribution in [3.05, 3.63) is 29.3 Å². The van der Waals surface area contributed by atoms with Crippen LogP contribution in [0.2, 0.25) is 0 Å². The minimum atomic E-state index is 0.232. The van der Waals surface area contributed by atoms with E-state index in [1.165, 1.54) is 0 Å². The van der Waals surface area contributed by atoms with Gasteiger partial charge in [-0.15, -0.1) is 11.3 Å². The summed E-state index contributed by atoms with van der Waals surface area (Å²) in [6, 6.07) is 6.32. The van der Waals surface area contributed by atoms with Crippen molar-refractivity contribution in [3.8, 4) is 10.6 Å². The third kappa shape index (κ3) is 2.34. The molecule has 0 bridgehead atoms. The summed E-state index contributed by atoms with van der Waals surface area (Å²) in [4.78, 5) is 3.38. The highest BCUT2D eigenvalue weighted by Crippen LogP contribution is 2.26. The maximum atomic E-state index is 9.29. The third-order valence-corrected chi connectivity index (χ3v) is 4.28. The largest absolute Gasteiger partial charge is 0.395 e. The van der Waals surface area contributed by atoms with Crippen molar-refractivity contribution in [2.24, 2.45) is 0 Å². The lowest BCUT2D eigenvalue weighted by Crippen LogP contribution is -2.31. The van der Waals surface area contributed by atoms with Gasteiger partial charge in [-0.1, -0.05) is 11.2 Å². The van der Waals surface area contributed by atoms with Gasteiger partial charge in [0.05, 0.1) is 17.2 Å². The van der Waals surface area contributed by atoms with Gasteiger partial charge in [-0.05, 0) is 30.8 Å². The number of hydrogen-bond acceptors (Lipinski definition) is 5. The number of thiophene rings is 1. The van der Waals surface area contributed by atoms with E-state index in [1.54, 1.807) is 11.3 Å². The van der Waals surface area contributed by atoms with Crippen LogP contribution in [-0.2, 0) is 6.54 Å². The minimum Gasteiger partial charge on any atom is -0.395 e. The number of aliphatic hydroxyl groups is 1. The molecular formula is C13H16N2O2S. The van der Waals surface area contributed by atoms with Crippen LogP contribution in [0, 0.1) is 0 Å². The summed E-state index contributed by atoms with van der Waals surface area (Å²) >= 11 is 1.65. The maximum absolute atomic E-state index is 9.29. The molecule has 1 aliphatic rings.